The number of fused-ring (bicyclic) bond motifs is 7. The van der Waals surface area contributed by atoms with E-state index in [1.165, 1.54) is 5.57 Å². The second-order valence-electron chi connectivity index (χ2n) is 17.4. The standard InChI is InChI=1S/C38H50N2O8/c1-22-26(48-32(45)47-22)21-46-31(44)38(7)27-9-12-37(6)29(35(27,4)11-10-28(38)40-18-8-17-39-40)25(41)19-23-24-20-34(3,30(42)43)14-13-33(24,2)15-16-36(23,37)5/h8,17-19,24,27-29H,9-16,20-21H2,1-7H3,(H,42,43)/t24-,27+,28-,29+,33+,34-,35-,36+,37+,38-/m0/s1. The number of carbonyl (C=O) groups excluding carboxylic acids is 2. The number of carbonyl (C=O) groups is 3. The fraction of sp³-hybridized carbons (Fsp3) is 0.711. The van der Waals surface area contributed by atoms with Gasteiger partial charge in [-0.05, 0) is 124 Å². The number of carboxylic acid groups (broad SMARTS) is 1. The van der Waals surface area contributed by atoms with E-state index >= 15 is 0 Å². The van der Waals surface area contributed by atoms with Crippen LogP contribution in [0.5, 0.6) is 0 Å². The van der Waals surface area contributed by atoms with E-state index in [4.69, 9.17) is 13.6 Å². The van der Waals surface area contributed by atoms with Crippen LogP contribution >= 0.6 is 0 Å². The van der Waals surface area contributed by atoms with E-state index in [0.29, 0.717) is 19.3 Å². The number of carboxylic acids is 1. The number of hydrogen-bond acceptors (Lipinski definition) is 8. The summed E-state index contributed by atoms with van der Waals surface area (Å²) in [5, 5.41) is 14.8. The summed E-state index contributed by atoms with van der Waals surface area (Å²) in [7, 11) is 0. The first-order chi connectivity index (χ1) is 22.4. The van der Waals surface area contributed by atoms with Crippen LogP contribution in [0.1, 0.15) is 117 Å². The Labute approximate surface area is 281 Å². The van der Waals surface area contributed by atoms with E-state index in [9.17, 15) is 24.3 Å². The number of rotatable bonds is 5. The highest BCUT2D eigenvalue weighted by atomic mass is 16.6. The van der Waals surface area contributed by atoms with Crippen LogP contribution in [0.3, 0.4) is 0 Å². The zero-order valence-corrected chi connectivity index (χ0v) is 29.4. The van der Waals surface area contributed by atoms with Gasteiger partial charge < -0.3 is 18.7 Å². The minimum absolute atomic E-state index is 0.0263. The Morgan fingerprint density at radius 2 is 1.73 bits per heavy atom. The molecule has 0 aromatic carbocycles. The Morgan fingerprint density at radius 3 is 2.38 bits per heavy atom. The molecule has 0 amide bonds. The number of esters is 1. The Kier molecular flexibility index (Phi) is 7.26. The first kappa shape index (κ1) is 33.1. The minimum atomic E-state index is -1.03. The van der Waals surface area contributed by atoms with Gasteiger partial charge in [-0.3, -0.25) is 19.1 Å². The molecule has 0 aliphatic heterocycles. The minimum Gasteiger partial charge on any atom is -0.481 e. The summed E-state index contributed by atoms with van der Waals surface area (Å²) in [6.45, 7) is 14.4. The van der Waals surface area contributed by atoms with Crippen LogP contribution in [0.25, 0.3) is 0 Å². The molecular weight excluding hydrogens is 612 g/mol. The summed E-state index contributed by atoms with van der Waals surface area (Å²) in [6, 6.07) is 1.57. The Bertz CT molecular complexity index is 1750. The molecular formula is C38H50N2O8. The number of allylic oxidation sites excluding steroid dienone is 2. The van der Waals surface area contributed by atoms with E-state index in [-0.39, 0.29) is 64.0 Å². The monoisotopic (exact) mass is 662 g/mol. The third-order valence-electron chi connectivity index (χ3n) is 15.2. The molecule has 48 heavy (non-hydrogen) atoms. The Morgan fingerprint density at radius 1 is 1.00 bits per heavy atom. The number of hydrogen-bond donors (Lipinski definition) is 1. The predicted octanol–water partition coefficient (Wildman–Crippen LogP) is 7.07. The predicted molar refractivity (Wildman–Crippen MR) is 174 cm³/mol. The molecule has 10 nitrogen and oxygen atoms in total. The number of ether oxygens (including phenoxy) is 1. The highest BCUT2D eigenvalue weighted by Gasteiger charge is 2.72. The van der Waals surface area contributed by atoms with Gasteiger partial charge in [0.2, 0.25) is 0 Å². The van der Waals surface area contributed by atoms with Crippen molar-refractivity contribution in [1.29, 1.82) is 0 Å². The van der Waals surface area contributed by atoms with Crippen LogP contribution in [0.15, 0.2) is 43.7 Å². The summed E-state index contributed by atoms with van der Waals surface area (Å²) < 4.78 is 18.0. The summed E-state index contributed by atoms with van der Waals surface area (Å²) in [4.78, 5) is 53.5. The van der Waals surface area contributed by atoms with Gasteiger partial charge in [0.05, 0.1) is 16.9 Å². The number of aliphatic carboxylic acids is 1. The van der Waals surface area contributed by atoms with Gasteiger partial charge in [-0.1, -0.05) is 33.3 Å². The van der Waals surface area contributed by atoms with Gasteiger partial charge in [-0.2, -0.15) is 5.10 Å². The first-order valence-corrected chi connectivity index (χ1v) is 17.7. The molecule has 260 valence electrons. The normalized spacial score (nSPS) is 43.6. The summed E-state index contributed by atoms with van der Waals surface area (Å²) >= 11 is 0. The molecule has 10 atom stereocenters. The second kappa shape index (κ2) is 10.5. The number of nitrogens with zero attached hydrogens (tertiary/aromatic N) is 2. The summed E-state index contributed by atoms with van der Waals surface area (Å²) in [6.07, 6.45) is 12.5. The third-order valence-corrected chi connectivity index (χ3v) is 15.2. The topological polar surface area (TPSA) is 142 Å². The van der Waals surface area contributed by atoms with Crippen molar-refractivity contribution in [2.24, 2.45) is 50.2 Å². The van der Waals surface area contributed by atoms with Crippen molar-refractivity contribution in [3.05, 3.63) is 52.2 Å². The molecule has 5 aliphatic carbocycles. The van der Waals surface area contributed by atoms with Crippen molar-refractivity contribution in [2.45, 2.75) is 119 Å². The lowest BCUT2D eigenvalue weighted by molar-refractivity contribution is -0.209. The lowest BCUT2D eigenvalue weighted by Gasteiger charge is -2.70. The molecule has 7 rings (SSSR count). The maximum absolute atomic E-state index is 14.8. The lowest BCUT2D eigenvalue weighted by Crippen LogP contribution is -2.67. The summed E-state index contributed by atoms with van der Waals surface area (Å²) in [5.41, 5.74) is -1.83. The highest BCUT2D eigenvalue weighted by molar-refractivity contribution is 5.96. The van der Waals surface area contributed by atoms with E-state index < -0.39 is 34.0 Å². The van der Waals surface area contributed by atoms with Crippen LogP contribution in [0.2, 0.25) is 0 Å². The quantitative estimate of drug-likeness (QED) is 0.333. The SMILES string of the molecule is Cc1oc(=O)oc1COC(=O)[C@]1(C)[C@@H](n2cccn2)CC[C@@]2(C)[C@H]1CC[C@]1(C)[C@@H]2C(=O)C=C2[C@@H]3C[C@@](C)(C(=O)O)CC[C@]3(C)CC[C@]21C. The lowest BCUT2D eigenvalue weighted by atomic mass is 9.33. The number of aromatic nitrogens is 2. The van der Waals surface area contributed by atoms with Crippen molar-refractivity contribution in [3.8, 4) is 0 Å². The highest BCUT2D eigenvalue weighted by Crippen LogP contribution is 2.76. The van der Waals surface area contributed by atoms with Gasteiger partial charge in [0, 0.05) is 18.3 Å². The Balaban J connectivity index is 1.29. The van der Waals surface area contributed by atoms with Gasteiger partial charge in [0.1, 0.15) is 0 Å². The molecule has 0 unspecified atom stereocenters. The molecule has 4 saturated carbocycles. The molecule has 2 aromatic rings. The molecule has 5 aliphatic rings. The van der Waals surface area contributed by atoms with Crippen molar-refractivity contribution in [1.82, 2.24) is 9.78 Å². The van der Waals surface area contributed by atoms with E-state index in [1.54, 1.807) is 13.1 Å². The van der Waals surface area contributed by atoms with Gasteiger partial charge in [0.15, 0.2) is 23.9 Å². The molecule has 0 saturated heterocycles. The van der Waals surface area contributed by atoms with Gasteiger partial charge in [0.25, 0.3) is 0 Å². The first-order valence-electron chi connectivity index (χ1n) is 17.7. The number of aryl methyl sites for hydroxylation is 1. The zero-order valence-electron chi connectivity index (χ0n) is 29.4. The molecule has 0 radical (unpaired) electrons. The van der Waals surface area contributed by atoms with Gasteiger partial charge in [-0.15, -0.1) is 0 Å². The molecule has 4 fully saturated rings. The fourth-order valence-corrected chi connectivity index (χ4v) is 12.0. The van der Waals surface area contributed by atoms with Crippen molar-refractivity contribution in [3.63, 3.8) is 0 Å². The molecule has 2 heterocycles. The smallest absolute Gasteiger partial charge is 0.481 e. The van der Waals surface area contributed by atoms with Crippen LogP contribution in [-0.4, -0.2) is 32.6 Å². The van der Waals surface area contributed by atoms with Crippen LogP contribution in [0, 0.1) is 57.2 Å². The van der Waals surface area contributed by atoms with E-state index in [0.717, 1.165) is 38.5 Å². The van der Waals surface area contributed by atoms with Crippen molar-refractivity contribution < 1.29 is 33.1 Å². The van der Waals surface area contributed by atoms with Crippen molar-refractivity contribution >= 4 is 17.7 Å². The molecule has 2 aromatic heterocycles. The maximum atomic E-state index is 14.8. The fourth-order valence-electron chi connectivity index (χ4n) is 12.0. The molecule has 0 bridgehead atoms. The number of ketones is 1. The van der Waals surface area contributed by atoms with E-state index in [1.807, 2.05) is 36.9 Å². The molecule has 1 N–H and O–H groups in total. The zero-order chi connectivity index (χ0) is 34.7. The van der Waals surface area contributed by atoms with Gasteiger partial charge >= 0.3 is 17.8 Å². The van der Waals surface area contributed by atoms with Gasteiger partial charge in [-0.25, -0.2) is 4.79 Å². The van der Waals surface area contributed by atoms with Crippen LogP contribution < -0.4 is 5.82 Å². The van der Waals surface area contributed by atoms with Crippen molar-refractivity contribution in [2.75, 3.05) is 0 Å². The summed E-state index contributed by atoms with van der Waals surface area (Å²) in [5.74, 6) is -1.86. The maximum Gasteiger partial charge on any atom is 0.519 e. The average Bonchev–Trinajstić information content (AvgIpc) is 3.66. The third kappa shape index (κ3) is 4.31. The molecule has 0 spiro atoms. The second-order valence-corrected chi connectivity index (χ2v) is 17.4. The molecule has 10 heteroatoms. The Hall–Kier alpha value is -3.43. The van der Waals surface area contributed by atoms with E-state index in [2.05, 4.69) is 32.8 Å². The average molecular weight is 663 g/mol. The van der Waals surface area contributed by atoms with Crippen LogP contribution in [-0.2, 0) is 25.7 Å². The van der Waals surface area contributed by atoms with Crippen LogP contribution in [0.4, 0.5) is 0 Å². The largest absolute Gasteiger partial charge is 0.519 e.